The highest BCUT2D eigenvalue weighted by Gasteiger charge is 2.23. The summed E-state index contributed by atoms with van der Waals surface area (Å²) in [4.78, 5) is 0. The van der Waals surface area contributed by atoms with Gasteiger partial charge in [-0.25, -0.2) is 13.1 Å². The highest BCUT2D eigenvalue weighted by atomic mass is 32.2. The van der Waals surface area contributed by atoms with Crippen molar-refractivity contribution in [2.75, 3.05) is 13.6 Å². The second-order valence-corrected chi connectivity index (χ2v) is 7.45. The summed E-state index contributed by atoms with van der Waals surface area (Å²) in [6.07, 6.45) is 0. The molecule has 0 unspecified atom stereocenters. The lowest BCUT2D eigenvalue weighted by Gasteiger charge is -2.24. The molecule has 0 atom stereocenters. The molecule has 5 nitrogen and oxygen atoms in total. The first-order valence-corrected chi connectivity index (χ1v) is 8.49. The van der Waals surface area contributed by atoms with Crippen molar-refractivity contribution in [2.24, 2.45) is 17.8 Å². The van der Waals surface area contributed by atoms with E-state index in [1.54, 1.807) is 13.1 Å². The van der Waals surface area contributed by atoms with Gasteiger partial charge in [0, 0.05) is 6.54 Å². The number of hydrogen-bond donors (Lipinski definition) is 2. The van der Waals surface area contributed by atoms with Crippen LogP contribution in [-0.2, 0) is 16.6 Å². The van der Waals surface area contributed by atoms with Crippen LogP contribution in [0.25, 0.3) is 0 Å². The highest BCUT2D eigenvalue weighted by molar-refractivity contribution is 7.89. The molecule has 2 N–H and O–H groups in total. The molecule has 20 heavy (non-hydrogen) atoms. The van der Waals surface area contributed by atoms with Crippen molar-refractivity contribution in [3.8, 4) is 0 Å². The van der Waals surface area contributed by atoms with Crippen LogP contribution in [0.2, 0.25) is 0 Å². The van der Waals surface area contributed by atoms with Crippen LogP contribution >= 0.6 is 0 Å². The van der Waals surface area contributed by atoms with Crippen LogP contribution in [0.15, 0.2) is 21.6 Å². The van der Waals surface area contributed by atoms with E-state index in [4.69, 9.17) is 4.42 Å². The largest absolute Gasteiger partial charge is 0.447 e. The lowest BCUT2D eigenvalue weighted by Crippen LogP contribution is -2.33. The fourth-order valence-corrected chi connectivity index (χ4v) is 3.31. The second-order valence-electron chi connectivity index (χ2n) is 5.75. The number of furan rings is 1. The first kappa shape index (κ1) is 17.2. The topological polar surface area (TPSA) is 71.3 Å². The minimum absolute atomic E-state index is 0.0194. The van der Waals surface area contributed by atoms with E-state index in [1.807, 2.05) is 0 Å². The molecule has 0 saturated heterocycles. The Morgan fingerprint density at radius 2 is 1.75 bits per heavy atom. The Hall–Kier alpha value is -0.850. The van der Waals surface area contributed by atoms with Crippen LogP contribution in [0, 0.1) is 17.8 Å². The predicted octanol–water partition coefficient (Wildman–Crippen LogP) is 2.21. The average Bonchev–Trinajstić information content (AvgIpc) is 2.78. The molecule has 1 heterocycles. The third kappa shape index (κ3) is 4.61. The highest BCUT2D eigenvalue weighted by Crippen LogP contribution is 2.21. The van der Waals surface area contributed by atoms with Gasteiger partial charge in [0.1, 0.15) is 5.76 Å². The van der Waals surface area contributed by atoms with E-state index >= 15 is 0 Å². The van der Waals surface area contributed by atoms with Crippen LogP contribution in [0.5, 0.6) is 0 Å². The van der Waals surface area contributed by atoms with Gasteiger partial charge < -0.3 is 9.73 Å². The quantitative estimate of drug-likeness (QED) is 0.772. The summed E-state index contributed by atoms with van der Waals surface area (Å²) >= 11 is 0. The SMILES string of the molecule is CNCc1ccc(S(=O)(=O)NCC(C(C)C)C(C)C)o1. The average molecular weight is 302 g/mol. The summed E-state index contributed by atoms with van der Waals surface area (Å²) in [6.45, 7) is 9.37. The van der Waals surface area contributed by atoms with Gasteiger partial charge in [0.05, 0.1) is 6.54 Å². The zero-order valence-electron chi connectivity index (χ0n) is 12.9. The Labute approximate surface area is 122 Å². The van der Waals surface area contributed by atoms with E-state index < -0.39 is 10.0 Å². The monoisotopic (exact) mass is 302 g/mol. The maximum atomic E-state index is 12.2. The van der Waals surface area contributed by atoms with E-state index in [0.717, 1.165) is 0 Å². The summed E-state index contributed by atoms with van der Waals surface area (Å²) in [6, 6.07) is 3.17. The first-order valence-electron chi connectivity index (χ1n) is 7.01. The van der Waals surface area contributed by atoms with Crippen LogP contribution in [0.4, 0.5) is 0 Å². The molecule has 1 aromatic heterocycles. The van der Waals surface area contributed by atoms with Crippen molar-refractivity contribution in [1.29, 1.82) is 0 Å². The van der Waals surface area contributed by atoms with Crippen LogP contribution in [-0.4, -0.2) is 22.0 Å². The minimum atomic E-state index is -3.56. The van der Waals surface area contributed by atoms with Gasteiger partial charge in [-0.1, -0.05) is 27.7 Å². The van der Waals surface area contributed by atoms with Crippen molar-refractivity contribution < 1.29 is 12.8 Å². The fraction of sp³-hybridized carbons (Fsp3) is 0.714. The molecule has 0 radical (unpaired) electrons. The third-order valence-electron chi connectivity index (χ3n) is 3.47. The van der Waals surface area contributed by atoms with E-state index in [-0.39, 0.29) is 5.09 Å². The molecular weight excluding hydrogens is 276 g/mol. The predicted molar refractivity (Wildman–Crippen MR) is 79.8 cm³/mol. The fourth-order valence-electron chi connectivity index (χ4n) is 2.29. The van der Waals surface area contributed by atoms with Crippen LogP contribution in [0.3, 0.4) is 0 Å². The molecule has 0 bridgehead atoms. The normalized spacial score (nSPS) is 12.8. The molecule has 0 spiro atoms. The lowest BCUT2D eigenvalue weighted by atomic mass is 9.86. The molecule has 0 amide bonds. The molecule has 0 fully saturated rings. The first-order chi connectivity index (χ1) is 9.27. The Bertz CT molecular complexity index is 498. The summed E-state index contributed by atoms with van der Waals surface area (Å²) in [5.74, 6) is 1.76. The third-order valence-corrected chi connectivity index (χ3v) is 4.77. The molecule has 1 aromatic rings. The molecule has 0 aromatic carbocycles. The van der Waals surface area contributed by atoms with E-state index in [1.165, 1.54) is 6.07 Å². The van der Waals surface area contributed by atoms with Gasteiger partial charge in [-0.15, -0.1) is 0 Å². The number of rotatable bonds is 8. The van der Waals surface area contributed by atoms with Gasteiger partial charge >= 0.3 is 0 Å². The summed E-state index contributed by atoms with van der Waals surface area (Å²) < 4.78 is 32.3. The summed E-state index contributed by atoms with van der Waals surface area (Å²) in [5.41, 5.74) is 0. The van der Waals surface area contributed by atoms with Crippen molar-refractivity contribution in [3.05, 3.63) is 17.9 Å². The zero-order chi connectivity index (χ0) is 15.3. The molecule has 0 aliphatic rings. The number of hydrogen-bond acceptors (Lipinski definition) is 4. The lowest BCUT2D eigenvalue weighted by molar-refractivity contribution is 0.288. The van der Waals surface area contributed by atoms with Crippen LogP contribution < -0.4 is 10.0 Å². The van der Waals surface area contributed by atoms with Gasteiger partial charge in [-0.2, -0.15) is 0 Å². The van der Waals surface area contributed by atoms with Crippen molar-refractivity contribution in [1.82, 2.24) is 10.0 Å². The van der Waals surface area contributed by atoms with E-state index in [9.17, 15) is 8.42 Å². The van der Waals surface area contributed by atoms with Crippen molar-refractivity contribution in [3.63, 3.8) is 0 Å². The summed E-state index contributed by atoms with van der Waals surface area (Å²) in [7, 11) is -1.78. The molecular formula is C14H26N2O3S. The van der Waals surface area contributed by atoms with Crippen LogP contribution in [0.1, 0.15) is 33.5 Å². The molecule has 1 rings (SSSR count). The number of sulfonamides is 1. The minimum Gasteiger partial charge on any atom is -0.447 e. The smallest absolute Gasteiger partial charge is 0.273 e. The van der Waals surface area contributed by atoms with Gasteiger partial charge in [0.2, 0.25) is 5.09 Å². The van der Waals surface area contributed by atoms with E-state index in [0.29, 0.717) is 36.6 Å². The molecule has 116 valence electrons. The van der Waals surface area contributed by atoms with Gasteiger partial charge in [0.15, 0.2) is 0 Å². The van der Waals surface area contributed by atoms with Crippen molar-refractivity contribution >= 4 is 10.0 Å². The second kappa shape index (κ2) is 7.24. The molecule has 0 aliphatic carbocycles. The maximum absolute atomic E-state index is 12.2. The molecule has 0 aliphatic heterocycles. The Balaban J connectivity index is 2.73. The van der Waals surface area contributed by atoms with Crippen molar-refractivity contribution in [2.45, 2.75) is 39.3 Å². The molecule has 0 saturated carbocycles. The Morgan fingerprint density at radius 3 is 2.25 bits per heavy atom. The summed E-state index contributed by atoms with van der Waals surface area (Å²) in [5, 5.41) is 2.90. The Morgan fingerprint density at radius 1 is 1.15 bits per heavy atom. The Kier molecular flexibility index (Phi) is 6.23. The zero-order valence-corrected chi connectivity index (χ0v) is 13.8. The maximum Gasteiger partial charge on any atom is 0.273 e. The van der Waals surface area contributed by atoms with Gasteiger partial charge in [-0.3, -0.25) is 0 Å². The number of nitrogens with one attached hydrogen (secondary N) is 2. The van der Waals surface area contributed by atoms with E-state index in [2.05, 4.69) is 37.7 Å². The standard InChI is InChI=1S/C14H26N2O3S/c1-10(2)13(11(3)4)9-16-20(17,18)14-7-6-12(19-14)8-15-5/h6-7,10-11,13,15-16H,8-9H2,1-5H3. The molecule has 6 heteroatoms. The van der Waals surface area contributed by atoms with Gasteiger partial charge in [-0.05, 0) is 36.9 Å². The van der Waals surface area contributed by atoms with Gasteiger partial charge in [0.25, 0.3) is 10.0 Å².